The monoisotopic (exact) mass is 322 g/mol. The zero-order valence-corrected chi connectivity index (χ0v) is 11.9. The maximum atomic E-state index is 12.4. The zero-order valence-electron chi connectivity index (χ0n) is 11.1. The largest absolute Gasteiger partial charge is 0.461 e. The van der Waals surface area contributed by atoms with Gasteiger partial charge in [0.15, 0.2) is 9.84 Å². The summed E-state index contributed by atoms with van der Waals surface area (Å²) >= 11 is 0. The summed E-state index contributed by atoms with van der Waals surface area (Å²) in [6, 6.07) is 3.12. The highest BCUT2D eigenvalue weighted by Crippen LogP contribution is 2.29. The maximum absolute atomic E-state index is 12.4. The van der Waals surface area contributed by atoms with Gasteiger partial charge in [-0.1, -0.05) is 6.58 Å². The molecule has 1 aromatic rings. The fourth-order valence-corrected chi connectivity index (χ4v) is 2.43. The van der Waals surface area contributed by atoms with E-state index in [1.54, 1.807) is 0 Å². The van der Waals surface area contributed by atoms with Crippen molar-refractivity contribution in [1.82, 2.24) is 0 Å². The van der Waals surface area contributed by atoms with Crippen molar-refractivity contribution in [3.05, 3.63) is 42.0 Å². The van der Waals surface area contributed by atoms with Gasteiger partial charge in [-0.05, 0) is 31.2 Å². The number of benzene rings is 1. The van der Waals surface area contributed by atoms with Crippen LogP contribution in [-0.4, -0.2) is 26.7 Å². The Balaban J connectivity index is 2.75. The van der Waals surface area contributed by atoms with Crippen molar-refractivity contribution in [2.24, 2.45) is 0 Å². The molecule has 0 radical (unpaired) electrons. The van der Waals surface area contributed by atoms with Crippen LogP contribution in [-0.2, 0) is 25.5 Å². The predicted octanol–water partition coefficient (Wildman–Crippen LogP) is 2.60. The quantitative estimate of drug-likeness (QED) is 0.617. The van der Waals surface area contributed by atoms with Crippen LogP contribution in [0.25, 0.3) is 0 Å². The van der Waals surface area contributed by atoms with Crippen molar-refractivity contribution in [3.8, 4) is 0 Å². The van der Waals surface area contributed by atoms with E-state index in [-0.39, 0.29) is 10.5 Å². The molecule has 0 spiro atoms. The van der Waals surface area contributed by atoms with E-state index >= 15 is 0 Å². The van der Waals surface area contributed by atoms with Crippen LogP contribution in [0.5, 0.6) is 0 Å². The number of halogens is 3. The standard InChI is InChI=1S/C13H13F3O4S/c1-9(2)12(17)20-7-8-21(18,19)11-5-3-10(4-6-11)13(14,15)16/h3-6H,1,7-8H2,2H3. The number of hydrogen-bond donors (Lipinski definition) is 0. The lowest BCUT2D eigenvalue weighted by Crippen LogP contribution is -2.16. The molecular weight excluding hydrogens is 309 g/mol. The van der Waals surface area contributed by atoms with E-state index in [4.69, 9.17) is 0 Å². The van der Waals surface area contributed by atoms with Gasteiger partial charge in [-0.25, -0.2) is 13.2 Å². The Kier molecular flexibility index (Phi) is 5.16. The molecule has 1 aromatic carbocycles. The Bertz CT molecular complexity index is 630. The lowest BCUT2D eigenvalue weighted by molar-refractivity contribution is -0.138. The fourth-order valence-electron chi connectivity index (χ4n) is 1.34. The lowest BCUT2D eigenvalue weighted by Gasteiger charge is -2.09. The summed E-state index contributed by atoms with van der Waals surface area (Å²) in [6.07, 6.45) is -4.53. The second kappa shape index (κ2) is 6.30. The summed E-state index contributed by atoms with van der Waals surface area (Å²) < 4.78 is 65.4. The van der Waals surface area contributed by atoms with Crippen molar-refractivity contribution in [2.45, 2.75) is 18.0 Å². The van der Waals surface area contributed by atoms with Gasteiger partial charge in [0.2, 0.25) is 0 Å². The van der Waals surface area contributed by atoms with E-state index in [0.717, 1.165) is 12.1 Å². The average Bonchev–Trinajstić information content (AvgIpc) is 2.37. The van der Waals surface area contributed by atoms with Crippen LogP contribution in [0.2, 0.25) is 0 Å². The third-order valence-corrected chi connectivity index (χ3v) is 4.17. The lowest BCUT2D eigenvalue weighted by atomic mass is 10.2. The van der Waals surface area contributed by atoms with Crippen molar-refractivity contribution in [3.63, 3.8) is 0 Å². The Hall–Kier alpha value is -1.83. The molecule has 0 saturated heterocycles. The third-order valence-electron chi connectivity index (χ3n) is 2.47. The molecule has 116 valence electrons. The molecule has 0 heterocycles. The first kappa shape index (κ1) is 17.2. The van der Waals surface area contributed by atoms with Gasteiger partial charge in [-0.3, -0.25) is 0 Å². The van der Waals surface area contributed by atoms with E-state index < -0.39 is 39.9 Å². The summed E-state index contributed by atoms with van der Waals surface area (Å²) in [5.41, 5.74) is -0.808. The molecule has 0 bridgehead atoms. The van der Waals surface area contributed by atoms with E-state index in [2.05, 4.69) is 11.3 Å². The first-order valence-electron chi connectivity index (χ1n) is 5.76. The van der Waals surface area contributed by atoms with Gasteiger partial charge < -0.3 is 4.74 Å². The molecule has 8 heteroatoms. The van der Waals surface area contributed by atoms with Crippen LogP contribution in [0.1, 0.15) is 12.5 Å². The second-order valence-corrected chi connectivity index (χ2v) is 6.37. The highest BCUT2D eigenvalue weighted by molar-refractivity contribution is 7.91. The van der Waals surface area contributed by atoms with Crippen LogP contribution < -0.4 is 0 Å². The molecule has 0 N–H and O–H groups in total. The summed E-state index contributed by atoms with van der Waals surface area (Å²) in [5, 5.41) is 0. The topological polar surface area (TPSA) is 60.4 Å². The molecule has 0 aliphatic rings. The molecule has 0 atom stereocenters. The molecule has 1 rings (SSSR count). The Morgan fingerprint density at radius 1 is 1.24 bits per heavy atom. The van der Waals surface area contributed by atoms with Crippen LogP contribution in [0.3, 0.4) is 0 Å². The molecule has 0 amide bonds. The first-order valence-corrected chi connectivity index (χ1v) is 7.42. The molecule has 21 heavy (non-hydrogen) atoms. The first-order chi connectivity index (χ1) is 9.54. The number of ether oxygens (including phenoxy) is 1. The minimum Gasteiger partial charge on any atom is -0.461 e. The Labute approximate surface area is 120 Å². The van der Waals surface area contributed by atoms with E-state index in [9.17, 15) is 26.4 Å². The zero-order chi connectivity index (χ0) is 16.3. The van der Waals surface area contributed by atoms with Crippen LogP contribution in [0.15, 0.2) is 41.3 Å². The fraction of sp³-hybridized carbons (Fsp3) is 0.308. The average molecular weight is 322 g/mol. The number of alkyl halides is 3. The number of carbonyl (C=O) groups is 1. The Morgan fingerprint density at radius 3 is 2.19 bits per heavy atom. The van der Waals surface area contributed by atoms with E-state index in [1.807, 2.05) is 0 Å². The summed E-state index contributed by atoms with van der Waals surface area (Å²) in [4.78, 5) is 10.8. The number of sulfone groups is 1. The van der Waals surface area contributed by atoms with Gasteiger partial charge in [0, 0.05) is 5.57 Å². The number of esters is 1. The smallest absolute Gasteiger partial charge is 0.416 e. The minimum absolute atomic E-state index is 0.127. The minimum atomic E-state index is -4.53. The number of carbonyl (C=O) groups excluding carboxylic acids is 1. The van der Waals surface area contributed by atoms with Gasteiger partial charge in [0.25, 0.3) is 0 Å². The highest BCUT2D eigenvalue weighted by Gasteiger charge is 2.30. The second-order valence-electron chi connectivity index (χ2n) is 4.26. The van der Waals surface area contributed by atoms with E-state index in [1.165, 1.54) is 6.92 Å². The third kappa shape index (κ3) is 4.89. The van der Waals surface area contributed by atoms with Crippen LogP contribution >= 0.6 is 0 Å². The van der Waals surface area contributed by atoms with Gasteiger partial charge >= 0.3 is 12.1 Å². The molecule has 0 fully saturated rings. The summed E-state index contributed by atoms with van der Waals surface area (Å²) in [7, 11) is -3.82. The highest BCUT2D eigenvalue weighted by atomic mass is 32.2. The number of rotatable bonds is 5. The normalized spacial score (nSPS) is 12.0. The van der Waals surface area contributed by atoms with Crippen molar-refractivity contribution < 1.29 is 31.1 Å². The van der Waals surface area contributed by atoms with Crippen LogP contribution in [0, 0.1) is 0 Å². The predicted molar refractivity (Wildman–Crippen MR) is 69.3 cm³/mol. The molecule has 0 aliphatic heterocycles. The molecule has 0 aromatic heterocycles. The summed E-state index contributed by atoms with van der Waals surface area (Å²) in [6.45, 7) is 4.35. The van der Waals surface area contributed by atoms with E-state index in [0.29, 0.717) is 12.1 Å². The maximum Gasteiger partial charge on any atom is 0.416 e. The van der Waals surface area contributed by atoms with Crippen molar-refractivity contribution in [2.75, 3.05) is 12.4 Å². The van der Waals surface area contributed by atoms with Crippen LogP contribution in [0.4, 0.5) is 13.2 Å². The van der Waals surface area contributed by atoms with Gasteiger partial charge in [-0.15, -0.1) is 0 Å². The SMILES string of the molecule is C=C(C)C(=O)OCCS(=O)(=O)c1ccc(C(F)(F)F)cc1. The van der Waals surface area contributed by atoms with Gasteiger partial charge in [0.1, 0.15) is 6.61 Å². The Morgan fingerprint density at radius 2 is 1.76 bits per heavy atom. The van der Waals surface area contributed by atoms with Crippen molar-refractivity contribution >= 4 is 15.8 Å². The molecular formula is C13H13F3O4S. The molecule has 0 saturated carbocycles. The molecule has 4 nitrogen and oxygen atoms in total. The summed E-state index contributed by atoms with van der Waals surface area (Å²) in [5.74, 6) is -1.24. The van der Waals surface area contributed by atoms with Gasteiger partial charge in [-0.2, -0.15) is 13.2 Å². The van der Waals surface area contributed by atoms with Crippen molar-refractivity contribution in [1.29, 1.82) is 0 Å². The molecule has 0 aliphatic carbocycles. The molecule has 0 unspecified atom stereocenters. The number of hydrogen-bond acceptors (Lipinski definition) is 4. The van der Waals surface area contributed by atoms with Gasteiger partial charge in [0.05, 0.1) is 16.2 Å².